The molecule has 5 heteroatoms. The first-order chi connectivity index (χ1) is 13.6. The zero-order valence-corrected chi connectivity index (χ0v) is 16.9. The number of nitrogens with two attached hydrogens (primary N) is 1. The lowest BCUT2D eigenvalue weighted by Gasteiger charge is -2.42. The number of aliphatic hydroxyl groups excluding tert-OH is 1. The molecule has 0 aliphatic carbocycles. The third kappa shape index (κ3) is 4.90. The summed E-state index contributed by atoms with van der Waals surface area (Å²) in [6, 6.07) is 14.3. The van der Waals surface area contributed by atoms with E-state index >= 15 is 0 Å². The molecule has 0 aromatic heterocycles. The molecule has 28 heavy (non-hydrogen) atoms. The number of hydrogen-bond donors (Lipinski definition) is 2. The molecule has 1 aliphatic heterocycles. The topological polar surface area (TPSA) is 69.8 Å². The second kappa shape index (κ2) is 10.0. The lowest BCUT2D eigenvalue weighted by atomic mass is 10.00. The molecule has 152 valence electrons. The standard InChI is InChI=1S/C23H33N3O2/c1-2-3-9-20-17-25(16-19(24)12-15-27)13-14-26(20)23(28)22-11-6-8-18-7-4-5-10-21(18)22/h4-8,10-11,19-20,27H,2-3,9,12-17,24H2,1H3/t19-,20?/m0/s1. The molecule has 5 nitrogen and oxygen atoms in total. The van der Waals surface area contributed by atoms with Crippen LogP contribution in [-0.2, 0) is 0 Å². The van der Waals surface area contributed by atoms with Crippen molar-refractivity contribution < 1.29 is 9.90 Å². The number of benzene rings is 2. The number of carbonyl (C=O) groups is 1. The van der Waals surface area contributed by atoms with Crippen molar-refractivity contribution in [3.05, 3.63) is 48.0 Å². The van der Waals surface area contributed by atoms with Gasteiger partial charge in [0, 0.05) is 50.4 Å². The Kier molecular flexibility index (Phi) is 7.43. The maximum atomic E-state index is 13.5. The molecule has 1 saturated heterocycles. The minimum Gasteiger partial charge on any atom is -0.396 e. The van der Waals surface area contributed by atoms with E-state index in [1.165, 1.54) is 0 Å². The quantitative estimate of drug-likeness (QED) is 0.735. The molecule has 0 saturated carbocycles. The van der Waals surface area contributed by atoms with Crippen LogP contribution in [0.2, 0.25) is 0 Å². The predicted molar refractivity (Wildman–Crippen MR) is 114 cm³/mol. The van der Waals surface area contributed by atoms with Crippen LogP contribution in [0.5, 0.6) is 0 Å². The van der Waals surface area contributed by atoms with Gasteiger partial charge in [0.1, 0.15) is 0 Å². The summed E-state index contributed by atoms with van der Waals surface area (Å²) in [5.74, 6) is 0.136. The Hall–Kier alpha value is -1.95. The van der Waals surface area contributed by atoms with Crippen LogP contribution in [0.4, 0.5) is 0 Å². The molecule has 0 radical (unpaired) electrons. The van der Waals surface area contributed by atoms with Gasteiger partial charge in [0.2, 0.25) is 0 Å². The fourth-order valence-corrected chi connectivity index (χ4v) is 4.20. The first-order valence-electron chi connectivity index (χ1n) is 10.5. The zero-order chi connectivity index (χ0) is 19.9. The largest absolute Gasteiger partial charge is 0.396 e. The highest BCUT2D eigenvalue weighted by atomic mass is 16.3. The monoisotopic (exact) mass is 383 g/mol. The molecule has 2 aromatic rings. The van der Waals surface area contributed by atoms with E-state index in [0.717, 1.165) is 61.8 Å². The smallest absolute Gasteiger partial charge is 0.254 e. The van der Waals surface area contributed by atoms with Crippen LogP contribution in [0, 0.1) is 0 Å². The summed E-state index contributed by atoms with van der Waals surface area (Å²) in [6.45, 7) is 5.50. The first-order valence-corrected chi connectivity index (χ1v) is 10.5. The van der Waals surface area contributed by atoms with Crippen molar-refractivity contribution in [3.8, 4) is 0 Å². The Labute approximate surface area is 168 Å². The highest BCUT2D eigenvalue weighted by Crippen LogP contribution is 2.24. The van der Waals surface area contributed by atoms with Crippen LogP contribution in [0.1, 0.15) is 43.0 Å². The fraction of sp³-hybridized carbons (Fsp3) is 0.522. The van der Waals surface area contributed by atoms with Gasteiger partial charge in [-0.15, -0.1) is 0 Å². The fourth-order valence-electron chi connectivity index (χ4n) is 4.20. The summed E-state index contributed by atoms with van der Waals surface area (Å²) >= 11 is 0. The number of unbranched alkanes of at least 4 members (excludes halogenated alkanes) is 1. The van der Waals surface area contributed by atoms with E-state index in [1.807, 2.05) is 30.3 Å². The minimum absolute atomic E-state index is 0.0165. The molecule has 1 fully saturated rings. The normalized spacial score (nSPS) is 19.1. The van der Waals surface area contributed by atoms with E-state index in [-0.39, 0.29) is 24.6 Å². The van der Waals surface area contributed by atoms with Gasteiger partial charge in [0.05, 0.1) is 0 Å². The van der Waals surface area contributed by atoms with Crippen molar-refractivity contribution >= 4 is 16.7 Å². The van der Waals surface area contributed by atoms with Crippen LogP contribution in [0.3, 0.4) is 0 Å². The van der Waals surface area contributed by atoms with E-state index in [4.69, 9.17) is 10.8 Å². The van der Waals surface area contributed by atoms with Gasteiger partial charge in [-0.2, -0.15) is 0 Å². The van der Waals surface area contributed by atoms with E-state index in [2.05, 4.69) is 28.9 Å². The Bertz CT molecular complexity index is 774. The van der Waals surface area contributed by atoms with Crippen molar-refractivity contribution in [2.75, 3.05) is 32.8 Å². The third-order valence-electron chi connectivity index (χ3n) is 5.73. The summed E-state index contributed by atoms with van der Waals surface area (Å²) in [5, 5.41) is 11.2. The first kappa shape index (κ1) is 20.8. The predicted octanol–water partition coefficient (Wildman–Crippen LogP) is 2.87. The third-order valence-corrected chi connectivity index (χ3v) is 5.73. The number of aliphatic hydroxyl groups is 1. The van der Waals surface area contributed by atoms with Crippen molar-refractivity contribution in [1.29, 1.82) is 0 Å². The Morgan fingerprint density at radius 2 is 2.00 bits per heavy atom. The number of piperazine rings is 1. The van der Waals surface area contributed by atoms with Crippen LogP contribution in [0.25, 0.3) is 10.8 Å². The summed E-state index contributed by atoms with van der Waals surface area (Å²) in [6.07, 6.45) is 3.87. The van der Waals surface area contributed by atoms with Gasteiger partial charge in [-0.3, -0.25) is 9.69 Å². The number of fused-ring (bicyclic) bond motifs is 1. The maximum Gasteiger partial charge on any atom is 0.254 e. The van der Waals surface area contributed by atoms with Crippen molar-refractivity contribution in [1.82, 2.24) is 9.80 Å². The van der Waals surface area contributed by atoms with E-state index < -0.39 is 0 Å². The Morgan fingerprint density at radius 3 is 2.79 bits per heavy atom. The zero-order valence-electron chi connectivity index (χ0n) is 16.9. The Morgan fingerprint density at radius 1 is 1.21 bits per heavy atom. The highest BCUT2D eigenvalue weighted by Gasteiger charge is 2.31. The van der Waals surface area contributed by atoms with Gasteiger partial charge >= 0.3 is 0 Å². The van der Waals surface area contributed by atoms with Gasteiger partial charge < -0.3 is 15.7 Å². The minimum atomic E-state index is -0.0165. The molecule has 0 spiro atoms. The van der Waals surface area contributed by atoms with Gasteiger partial charge in [-0.25, -0.2) is 0 Å². The second-order valence-electron chi connectivity index (χ2n) is 7.85. The number of rotatable bonds is 8. The van der Waals surface area contributed by atoms with Crippen molar-refractivity contribution in [2.24, 2.45) is 5.73 Å². The summed E-state index contributed by atoms with van der Waals surface area (Å²) in [4.78, 5) is 17.9. The molecule has 3 rings (SSSR count). The summed E-state index contributed by atoms with van der Waals surface area (Å²) in [5.41, 5.74) is 6.92. The molecular weight excluding hydrogens is 350 g/mol. The van der Waals surface area contributed by atoms with E-state index in [9.17, 15) is 4.79 Å². The molecule has 1 amide bonds. The van der Waals surface area contributed by atoms with Gasteiger partial charge in [-0.1, -0.05) is 56.2 Å². The van der Waals surface area contributed by atoms with Crippen molar-refractivity contribution in [3.63, 3.8) is 0 Å². The molecule has 0 bridgehead atoms. The van der Waals surface area contributed by atoms with Crippen LogP contribution in [-0.4, -0.2) is 65.7 Å². The molecule has 1 heterocycles. The number of amides is 1. The second-order valence-corrected chi connectivity index (χ2v) is 7.85. The maximum absolute atomic E-state index is 13.5. The highest BCUT2D eigenvalue weighted by molar-refractivity contribution is 6.07. The Balaban J connectivity index is 1.78. The lowest BCUT2D eigenvalue weighted by Crippen LogP contribution is -2.57. The van der Waals surface area contributed by atoms with E-state index in [0.29, 0.717) is 6.42 Å². The number of hydrogen-bond acceptors (Lipinski definition) is 4. The van der Waals surface area contributed by atoms with E-state index in [1.54, 1.807) is 0 Å². The SMILES string of the molecule is CCCCC1CN(C[C@@H](N)CCO)CCN1C(=O)c1cccc2ccccc12. The molecule has 1 aliphatic rings. The molecule has 2 atom stereocenters. The van der Waals surface area contributed by atoms with Gasteiger partial charge in [0.15, 0.2) is 0 Å². The molecule has 3 N–H and O–H groups in total. The van der Waals surface area contributed by atoms with Gasteiger partial charge in [0.25, 0.3) is 5.91 Å². The van der Waals surface area contributed by atoms with Gasteiger partial charge in [-0.05, 0) is 29.7 Å². The van der Waals surface area contributed by atoms with Crippen LogP contribution >= 0.6 is 0 Å². The van der Waals surface area contributed by atoms with Crippen molar-refractivity contribution in [2.45, 2.75) is 44.7 Å². The van der Waals surface area contributed by atoms with Crippen LogP contribution < -0.4 is 5.73 Å². The molecular formula is C23H33N3O2. The number of carbonyl (C=O) groups excluding carboxylic acids is 1. The average molecular weight is 384 g/mol. The average Bonchev–Trinajstić information content (AvgIpc) is 2.71. The molecule has 2 aromatic carbocycles. The summed E-state index contributed by atoms with van der Waals surface area (Å²) < 4.78 is 0. The summed E-state index contributed by atoms with van der Waals surface area (Å²) in [7, 11) is 0. The lowest BCUT2D eigenvalue weighted by molar-refractivity contribution is 0.0417. The number of nitrogens with zero attached hydrogens (tertiary/aromatic N) is 2. The van der Waals surface area contributed by atoms with Crippen LogP contribution in [0.15, 0.2) is 42.5 Å². The molecule has 1 unspecified atom stereocenters.